The lowest BCUT2D eigenvalue weighted by molar-refractivity contribution is -0.120. The molecule has 1 heterocycles. The summed E-state index contributed by atoms with van der Waals surface area (Å²) in [6.07, 6.45) is 0.936. The maximum Gasteiger partial charge on any atom is 0.241 e. The van der Waals surface area contributed by atoms with Crippen molar-refractivity contribution in [3.63, 3.8) is 0 Å². The Morgan fingerprint density at radius 2 is 1.72 bits per heavy atom. The fourth-order valence-electron chi connectivity index (χ4n) is 3.56. The second kappa shape index (κ2) is 9.60. The highest BCUT2D eigenvalue weighted by Crippen LogP contribution is 2.30. The van der Waals surface area contributed by atoms with Crippen LogP contribution in [0.5, 0.6) is 11.5 Å². The lowest BCUT2D eigenvalue weighted by atomic mass is 10.2. The molecular formula is C22H28FN3O3. The Hall–Kier alpha value is -2.80. The minimum absolute atomic E-state index is 0.0625. The van der Waals surface area contributed by atoms with E-state index in [-0.39, 0.29) is 17.8 Å². The van der Waals surface area contributed by atoms with Gasteiger partial charge in [0.15, 0.2) is 11.5 Å². The maximum atomic E-state index is 13.2. The lowest BCUT2D eigenvalue weighted by Gasteiger charge is -2.27. The van der Waals surface area contributed by atoms with Crippen molar-refractivity contribution in [2.45, 2.75) is 19.4 Å². The van der Waals surface area contributed by atoms with Crippen LogP contribution in [0.15, 0.2) is 42.5 Å². The Morgan fingerprint density at radius 1 is 1.00 bits per heavy atom. The van der Waals surface area contributed by atoms with Gasteiger partial charge in [0, 0.05) is 43.6 Å². The van der Waals surface area contributed by atoms with Gasteiger partial charge in [-0.25, -0.2) is 4.39 Å². The number of hydrogen-bond donors (Lipinski definition) is 1. The quantitative estimate of drug-likeness (QED) is 0.804. The summed E-state index contributed by atoms with van der Waals surface area (Å²) in [6.45, 7) is 5.19. The van der Waals surface area contributed by atoms with Gasteiger partial charge in [-0.1, -0.05) is 0 Å². The summed E-state index contributed by atoms with van der Waals surface area (Å²) in [4.78, 5) is 17.2. The Kier molecular flexibility index (Phi) is 6.93. The number of ether oxygens (including phenoxy) is 2. The molecule has 7 heteroatoms. The number of rotatable bonds is 6. The lowest BCUT2D eigenvalue weighted by Crippen LogP contribution is -2.43. The van der Waals surface area contributed by atoms with Crippen LogP contribution in [0.4, 0.5) is 15.8 Å². The highest BCUT2D eigenvalue weighted by Gasteiger charge is 2.24. The van der Waals surface area contributed by atoms with Crippen molar-refractivity contribution in [3.8, 4) is 11.5 Å². The molecule has 1 atom stereocenters. The van der Waals surface area contributed by atoms with E-state index in [1.54, 1.807) is 44.6 Å². The topological polar surface area (TPSA) is 54.0 Å². The molecule has 2 aromatic rings. The Morgan fingerprint density at radius 3 is 2.41 bits per heavy atom. The Labute approximate surface area is 171 Å². The summed E-state index contributed by atoms with van der Waals surface area (Å²) in [6, 6.07) is 11.6. The molecule has 1 unspecified atom stereocenters. The van der Waals surface area contributed by atoms with Crippen molar-refractivity contribution in [2.24, 2.45) is 0 Å². The average molecular weight is 401 g/mol. The number of methoxy groups -OCH3 is 2. The van der Waals surface area contributed by atoms with Gasteiger partial charge in [-0.05, 0) is 49.7 Å². The van der Waals surface area contributed by atoms with Gasteiger partial charge < -0.3 is 19.7 Å². The molecule has 0 radical (unpaired) electrons. The number of amides is 1. The van der Waals surface area contributed by atoms with Crippen LogP contribution in [0.2, 0.25) is 0 Å². The molecule has 0 saturated carbocycles. The van der Waals surface area contributed by atoms with Crippen LogP contribution < -0.4 is 19.7 Å². The normalized spacial score (nSPS) is 16.1. The predicted molar refractivity (Wildman–Crippen MR) is 112 cm³/mol. The van der Waals surface area contributed by atoms with Crippen molar-refractivity contribution in [1.29, 1.82) is 0 Å². The van der Waals surface area contributed by atoms with E-state index in [0.717, 1.165) is 38.3 Å². The van der Waals surface area contributed by atoms with Crippen LogP contribution in [-0.4, -0.2) is 57.2 Å². The molecule has 0 bridgehead atoms. The molecule has 3 rings (SSSR count). The number of halogens is 1. The molecule has 1 fully saturated rings. The summed E-state index contributed by atoms with van der Waals surface area (Å²) in [5.41, 5.74) is 1.68. The largest absolute Gasteiger partial charge is 0.493 e. The van der Waals surface area contributed by atoms with Gasteiger partial charge in [0.2, 0.25) is 5.91 Å². The first kappa shape index (κ1) is 20.9. The standard InChI is InChI=1S/C22H28FN3O3/c1-16(22(27)24-18-7-10-20(28-2)21(15-18)29-3)25-11-4-12-26(14-13-25)19-8-5-17(23)6-9-19/h5-10,15-16H,4,11-14H2,1-3H3,(H,24,27). The molecule has 1 saturated heterocycles. The van der Waals surface area contributed by atoms with E-state index in [4.69, 9.17) is 9.47 Å². The third-order valence-corrected chi connectivity index (χ3v) is 5.30. The third-order valence-electron chi connectivity index (χ3n) is 5.30. The molecule has 0 aliphatic carbocycles. The monoisotopic (exact) mass is 401 g/mol. The number of carbonyl (C=O) groups is 1. The van der Waals surface area contributed by atoms with E-state index in [1.807, 2.05) is 6.92 Å². The number of carbonyl (C=O) groups excluding carboxylic acids is 1. The summed E-state index contributed by atoms with van der Waals surface area (Å²) >= 11 is 0. The molecule has 156 valence electrons. The second-order valence-electron chi connectivity index (χ2n) is 7.09. The smallest absolute Gasteiger partial charge is 0.241 e. The summed E-state index contributed by atoms with van der Waals surface area (Å²) in [5, 5.41) is 2.96. The van der Waals surface area contributed by atoms with Gasteiger partial charge >= 0.3 is 0 Å². The summed E-state index contributed by atoms with van der Waals surface area (Å²) in [7, 11) is 3.14. The van der Waals surface area contributed by atoms with E-state index in [9.17, 15) is 9.18 Å². The van der Waals surface area contributed by atoms with E-state index in [2.05, 4.69) is 15.1 Å². The third kappa shape index (κ3) is 5.17. The van der Waals surface area contributed by atoms with Crippen molar-refractivity contribution >= 4 is 17.3 Å². The van der Waals surface area contributed by atoms with Crippen LogP contribution in [0.25, 0.3) is 0 Å². The first-order valence-corrected chi connectivity index (χ1v) is 9.79. The molecule has 1 N–H and O–H groups in total. The van der Waals surface area contributed by atoms with E-state index in [1.165, 1.54) is 12.1 Å². The fraction of sp³-hybridized carbons (Fsp3) is 0.409. The molecule has 1 aliphatic heterocycles. The average Bonchev–Trinajstić information content (AvgIpc) is 3.00. The van der Waals surface area contributed by atoms with Gasteiger partial charge in [-0.3, -0.25) is 9.69 Å². The Bertz CT molecular complexity index is 829. The zero-order chi connectivity index (χ0) is 20.8. The van der Waals surface area contributed by atoms with Gasteiger partial charge in [0.1, 0.15) is 5.82 Å². The summed E-state index contributed by atoms with van der Waals surface area (Å²) < 4.78 is 23.7. The zero-order valence-electron chi connectivity index (χ0n) is 17.2. The first-order chi connectivity index (χ1) is 14.0. The van der Waals surface area contributed by atoms with Crippen LogP contribution in [0, 0.1) is 5.82 Å². The molecule has 6 nitrogen and oxygen atoms in total. The fourth-order valence-corrected chi connectivity index (χ4v) is 3.56. The molecule has 0 aromatic heterocycles. The molecule has 2 aromatic carbocycles. The van der Waals surface area contributed by atoms with E-state index >= 15 is 0 Å². The second-order valence-corrected chi connectivity index (χ2v) is 7.09. The number of nitrogens with zero attached hydrogens (tertiary/aromatic N) is 2. The SMILES string of the molecule is COc1ccc(NC(=O)C(C)N2CCCN(c3ccc(F)cc3)CC2)cc1OC. The number of anilines is 2. The van der Waals surface area contributed by atoms with Crippen molar-refractivity contribution < 1.29 is 18.7 Å². The van der Waals surface area contributed by atoms with Crippen LogP contribution in [0.1, 0.15) is 13.3 Å². The molecule has 1 aliphatic rings. The summed E-state index contributed by atoms with van der Waals surface area (Å²) in [5.74, 6) is 0.896. The molecule has 1 amide bonds. The minimum Gasteiger partial charge on any atom is -0.493 e. The highest BCUT2D eigenvalue weighted by molar-refractivity contribution is 5.94. The minimum atomic E-state index is -0.267. The molecule has 29 heavy (non-hydrogen) atoms. The van der Waals surface area contributed by atoms with Gasteiger partial charge in [0.25, 0.3) is 0 Å². The van der Waals surface area contributed by atoms with Crippen LogP contribution >= 0.6 is 0 Å². The maximum absolute atomic E-state index is 13.2. The van der Waals surface area contributed by atoms with Crippen molar-refractivity contribution in [3.05, 3.63) is 48.3 Å². The number of nitrogens with one attached hydrogen (secondary N) is 1. The first-order valence-electron chi connectivity index (χ1n) is 9.79. The van der Waals surface area contributed by atoms with E-state index < -0.39 is 0 Å². The van der Waals surface area contributed by atoms with Crippen LogP contribution in [-0.2, 0) is 4.79 Å². The van der Waals surface area contributed by atoms with Gasteiger partial charge in [0.05, 0.1) is 20.3 Å². The zero-order valence-corrected chi connectivity index (χ0v) is 17.2. The molecule has 0 spiro atoms. The highest BCUT2D eigenvalue weighted by atomic mass is 19.1. The van der Waals surface area contributed by atoms with Gasteiger partial charge in [-0.15, -0.1) is 0 Å². The molecular weight excluding hydrogens is 373 g/mol. The number of hydrogen-bond acceptors (Lipinski definition) is 5. The van der Waals surface area contributed by atoms with E-state index in [0.29, 0.717) is 17.2 Å². The number of benzene rings is 2. The van der Waals surface area contributed by atoms with Crippen LogP contribution in [0.3, 0.4) is 0 Å². The van der Waals surface area contributed by atoms with Crippen molar-refractivity contribution in [1.82, 2.24) is 4.90 Å². The van der Waals surface area contributed by atoms with Crippen molar-refractivity contribution in [2.75, 3.05) is 50.6 Å². The predicted octanol–water partition coefficient (Wildman–Crippen LogP) is 3.38. The van der Waals surface area contributed by atoms with Gasteiger partial charge in [-0.2, -0.15) is 0 Å². The Balaban J connectivity index is 1.60.